The third kappa shape index (κ3) is 5.48. The Bertz CT molecular complexity index is 1320. The Morgan fingerprint density at radius 3 is 2.68 bits per heavy atom. The number of amides is 1. The van der Waals surface area contributed by atoms with Crippen LogP contribution in [0, 0.1) is 0 Å². The van der Waals surface area contributed by atoms with Crippen LogP contribution in [0.5, 0.6) is 5.75 Å². The molecule has 4 aromatic rings. The van der Waals surface area contributed by atoms with Crippen LogP contribution in [0.25, 0.3) is 10.9 Å². The van der Waals surface area contributed by atoms with Crippen molar-refractivity contribution in [3.05, 3.63) is 84.2 Å². The molecule has 0 spiro atoms. The smallest absolute Gasteiger partial charge is 0.416 e. The number of hydrogen-bond donors (Lipinski definition) is 2. The summed E-state index contributed by atoms with van der Waals surface area (Å²) in [4.78, 5) is 17.0. The molecule has 2 N–H and O–H groups in total. The lowest BCUT2D eigenvalue weighted by Crippen LogP contribution is -2.18. The number of halogens is 3. The third-order valence-corrected chi connectivity index (χ3v) is 4.99. The number of nitrogens with zero attached hydrogens (tertiary/aromatic N) is 2. The van der Waals surface area contributed by atoms with E-state index < -0.39 is 17.8 Å². The average molecular weight is 468 g/mol. The van der Waals surface area contributed by atoms with Crippen molar-refractivity contribution in [2.45, 2.75) is 32.7 Å². The summed E-state index contributed by atoms with van der Waals surface area (Å²) < 4.78 is 46.0. The van der Waals surface area contributed by atoms with Gasteiger partial charge in [-0.1, -0.05) is 6.07 Å². The highest BCUT2D eigenvalue weighted by molar-refractivity contribution is 5.98. The Kier molecular flexibility index (Phi) is 6.45. The van der Waals surface area contributed by atoms with Gasteiger partial charge in [-0.05, 0) is 74.0 Å². The van der Waals surface area contributed by atoms with Gasteiger partial charge < -0.3 is 15.4 Å². The van der Waals surface area contributed by atoms with Gasteiger partial charge in [0.05, 0.1) is 11.1 Å². The minimum Gasteiger partial charge on any atom is -0.489 e. The van der Waals surface area contributed by atoms with E-state index >= 15 is 0 Å². The minimum atomic E-state index is -4.49. The second-order valence-corrected chi connectivity index (χ2v) is 8.05. The molecule has 34 heavy (non-hydrogen) atoms. The van der Waals surface area contributed by atoms with Gasteiger partial charge in [0.15, 0.2) is 0 Å². The predicted molar refractivity (Wildman–Crippen MR) is 125 cm³/mol. The van der Waals surface area contributed by atoms with Crippen LogP contribution in [0.3, 0.4) is 0 Å². The van der Waals surface area contributed by atoms with E-state index in [0.29, 0.717) is 17.9 Å². The Hall–Kier alpha value is -4.01. The molecular weight excluding hydrogens is 445 g/mol. The first kappa shape index (κ1) is 23.2. The Morgan fingerprint density at radius 1 is 1.09 bits per heavy atom. The van der Waals surface area contributed by atoms with Crippen molar-refractivity contribution >= 4 is 28.4 Å². The zero-order chi connectivity index (χ0) is 24.3. The number of hydrogen-bond acceptors (Lipinski definition) is 4. The van der Waals surface area contributed by atoms with Crippen molar-refractivity contribution in [2.75, 3.05) is 10.6 Å². The summed E-state index contributed by atoms with van der Waals surface area (Å²) in [6.07, 6.45) is -1.21. The molecule has 0 bridgehead atoms. The summed E-state index contributed by atoms with van der Waals surface area (Å²) in [5.74, 6) is 1.40. The standard InChI is InChI=1S/C25H23F3N4O2/c1-16(2)30-23-12-17(8-10-29-23)15-34-21-6-7-22-18(13-21)9-11-32(22)24(33)31-20-5-3-4-19(14-20)25(26,27)28/h3-14,16H,15H2,1-2H3,(H,29,30)(H,31,33). The first-order chi connectivity index (χ1) is 16.2. The van der Waals surface area contributed by atoms with Crippen LogP contribution in [-0.4, -0.2) is 21.6 Å². The van der Waals surface area contributed by atoms with Crippen LogP contribution in [0.4, 0.5) is 29.5 Å². The van der Waals surface area contributed by atoms with Crippen LogP contribution in [-0.2, 0) is 12.8 Å². The molecule has 0 saturated carbocycles. The van der Waals surface area contributed by atoms with E-state index in [1.165, 1.54) is 16.7 Å². The van der Waals surface area contributed by atoms with Crippen LogP contribution < -0.4 is 15.4 Å². The molecule has 0 aliphatic rings. The fourth-order valence-corrected chi connectivity index (χ4v) is 3.45. The molecule has 0 fully saturated rings. The predicted octanol–water partition coefficient (Wildman–Crippen LogP) is 6.53. The van der Waals surface area contributed by atoms with Crippen molar-refractivity contribution in [3.8, 4) is 5.75 Å². The number of pyridine rings is 1. The summed E-state index contributed by atoms with van der Waals surface area (Å²) >= 11 is 0. The molecule has 2 heterocycles. The van der Waals surface area contributed by atoms with Crippen molar-refractivity contribution in [1.29, 1.82) is 0 Å². The number of alkyl halides is 3. The maximum Gasteiger partial charge on any atom is 0.416 e. The van der Waals surface area contributed by atoms with Gasteiger partial charge in [-0.25, -0.2) is 9.78 Å². The summed E-state index contributed by atoms with van der Waals surface area (Å²) in [6, 6.07) is 15.0. The SMILES string of the molecule is CC(C)Nc1cc(COc2ccc3c(ccn3C(=O)Nc3cccc(C(F)(F)F)c3)c2)ccn1. The molecule has 176 valence electrons. The zero-order valence-corrected chi connectivity index (χ0v) is 18.6. The highest BCUT2D eigenvalue weighted by atomic mass is 19.4. The molecule has 9 heteroatoms. The fourth-order valence-electron chi connectivity index (χ4n) is 3.45. The molecular formula is C25H23F3N4O2. The van der Waals surface area contributed by atoms with Gasteiger partial charge in [0, 0.05) is 29.5 Å². The third-order valence-electron chi connectivity index (χ3n) is 4.99. The van der Waals surface area contributed by atoms with Gasteiger partial charge >= 0.3 is 12.2 Å². The lowest BCUT2D eigenvalue weighted by Gasteiger charge is -2.12. The van der Waals surface area contributed by atoms with E-state index in [9.17, 15) is 18.0 Å². The zero-order valence-electron chi connectivity index (χ0n) is 18.6. The molecule has 0 radical (unpaired) electrons. The Balaban J connectivity index is 1.45. The van der Waals surface area contributed by atoms with Gasteiger partial charge in [0.1, 0.15) is 18.2 Å². The Labute approximate surface area is 194 Å². The first-order valence-electron chi connectivity index (χ1n) is 10.6. The van der Waals surface area contributed by atoms with Gasteiger partial charge in [0.2, 0.25) is 0 Å². The van der Waals surface area contributed by atoms with Crippen molar-refractivity contribution in [3.63, 3.8) is 0 Å². The van der Waals surface area contributed by atoms with Crippen molar-refractivity contribution in [2.24, 2.45) is 0 Å². The van der Waals surface area contributed by atoms with Crippen LogP contribution in [0.15, 0.2) is 73.1 Å². The summed E-state index contributed by atoms with van der Waals surface area (Å²) in [7, 11) is 0. The number of nitrogens with one attached hydrogen (secondary N) is 2. The van der Waals surface area contributed by atoms with Crippen LogP contribution >= 0.6 is 0 Å². The number of rotatable bonds is 6. The fraction of sp³-hybridized carbons (Fsp3) is 0.200. The number of aromatic nitrogens is 2. The molecule has 0 saturated heterocycles. The van der Waals surface area contributed by atoms with E-state index in [-0.39, 0.29) is 11.7 Å². The quantitative estimate of drug-likeness (QED) is 0.337. The summed E-state index contributed by atoms with van der Waals surface area (Å²) in [5, 5.41) is 6.51. The first-order valence-corrected chi connectivity index (χ1v) is 10.6. The molecule has 1 amide bonds. The minimum absolute atomic E-state index is 0.0605. The molecule has 4 rings (SSSR count). The maximum atomic E-state index is 12.9. The summed E-state index contributed by atoms with van der Waals surface area (Å²) in [5.41, 5.74) is 0.788. The highest BCUT2D eigenvalue weighted by Crippen LogP contribution is 2.31. The molecule has 6 nitrogen and oxygen atoms in total. The second-order valence-electron chi connectivity index (χ2n) is 8.05. The number of benzene rings is 2. The van der Waals surface area contributed by atoms with Crippen molar-refractivity contribution in [1.82, 2.24) is 9.55 Å². The second kappa shape index (κ2) is 9.46. The molecule has 2 aromatic heterocycles. The Morgan fingerprint density at radius 2 is 1.91 bits per heavy atom. The van der Waals surface area contributed by atoms with Gasteiger partial charge in [-0.3, -0.25) is 4.57 Å². The molecule has 0 aliphatic carbocycles. The number of carbonyl (C=O) groups is 1. The van der Waals surface area contributed by atoms with E-state index in [4.69, 9.17) is 4.74 Å². The highest BCUT2D eigenvalue weighted by Gasteiger charge is 2.30. The molecule has 0 unspecified atom stereocenters. The number of fused-ring (bicyclic) bond motifs is 1. The average Bonchev–Trinajstić information content (AvgIpc) is 3.20. The van der Waals surface area contributed by atoms with Crippen LogP contribution in [0.1, 0.15) is 25.0 Å². The topological polar surface area (TPSA) is 68.2 Å². The van der Waals surface area contributed by atoms with Crippen LogP contribution in [0.2, 0.25) is 0 Å². The van der Waals surface area contributed by atoms with E-state index in [0.717, 1.165) is 28.9 Å². The normalized spacial score (nSPS) is 11.6. The van der Waals surface area contributed by atoms with Crippen molar-refractivity contribution < 1.29 is 22.7 Å². The monoisotopic (exact) mass is 468 g/mol. The summed E-state index contributed by atoms with van der Waals surface area (Å²) in [6.45, 7) is 4.41. The van der Waals surface area contributed by atoms with Gasteiger partial charge in [0.25, 0.3) is 0 Å². The molecule has 0 aliphatic heterocycles. The molecule has 0 atom stereocenters. The van der Waals surface area contributed by atoms with Gasteiger partial charge in [-0.15, -0.1) is 0 Å². The number of ether oxygens (including phenoxy) is 1. The molecule has 2 aromatic carbocycles. The largest absolute Gasteiger partial charge is 0.489 e. The lowest BCUT2D eigenvalue weighted by molar-refractivity contribution is -0.137. The lowest BCUT2D eigenvalue weighted by atomic mass is 10.2. The number of carbonyl (C=O) groups excluding carboxylic acids is 1. The van der Waals surface area contributed by atoms with E-state index in [1.54, 1.807) is 36.7 Å². The number of anilines is 2. The maximum absolute atomic E-state index is 12.9. The van der Waals surface area contributed by atoms with E-state index in [1.807, 2.05) is 26.0 Å². The van der Waals surface area contributed by atoms with Gasteiger partial charge in [-0.2, -0.15) is 13.2 Å². The van der Waals surface area contributed by atoms with E-state index in [2.05, 4.69) is 15.6 Å².